The van der Waals surface area contributed by atoms with Gasteiger partial charge >= 0.3 is 0 Å². The van der Waals surface area contributed by atoms with E-state index in [4.69, 9.17) is 4.52 Å². The molecule has 0 amide bonds. The van der Waals surface area contributed by atoms with Crippen LogP contribution in [0.2, 0.25) is 0 Å². The molecule has 0 saturated heterocycles. The van der Waals surface area contributed by atoms with Crippen LogP contribution in [0.1, 0.15) is 42.6 Å². The molecule has 2 N–H and O–H groups in total. The summed E-state index contributed by atoms with van der Waals surface area (Å²) >= 11 is 0. The van der Waals surface area contributed by atoms with Gasteiger partial charge in [0, 0.05) is 17.5 Å². The Bertz CT molecular complexity index is 944. The van der Waals surface area contributed by atoms with Gasteiger partial charge in [0.05, 0.1) is 16.7 Å². The SMILES string of the molecule is CC1=CNC(C)C1c1cc(-c2c(C)noc2C)cc2nc(C)[nH]c12. The number of H-pyrrole nitrogens is 1. The number of rotatable bonds is 2. The first kappa shape index (κ1) is 15.0. The van der Waals surface area contributed by atoms with Crippen molar-refractivity contribution in [1.82, 2.24) is 20.4 Å². The second-order valence-electron chi connectivity index (χ2n) is 6.80. The van der Waals surface area contributed by atoms with Gasteiger partial charge in [0.15, 0.2) is 0 Å². The van der Waals surface area contributed by atoms with Crippen molar-refractivity contribution in [1.29, 1.82) is 0 Å². The third-order valence-electron chi connectivity index (χ3n) is 4.96. The normalized spacial score (nSPS) is 20.5. The fraction of sp³-hybridized carbons (Fsp3) is 0.368. The molecule has 4 rings (SSSR count). The molecule has 5 nitrogen and oxygen atoms in total. The second-order valence-corrected chi connectivity index (χ2v) is 6.80. The maximum absolute atomic E-state index is 5.37. The van der Waals surface area contributed by atoms with Gasteiger partial charge in [-0.15, -0.1) is 0 Å². The smallest absolute Gasteiger partial charge is 0.141 e. The Morgan fingerprint density at radius 2 is 1.92 bits per heavy atom. The van der Waals surface area contributed by atoms with E-state index in [1.54, 1.807) is 0 Å². The van der Waals surface area contributed by atoms with Crippen molar-refractivity contribution in [2.24, 2.45) is 0 Å². The fourth-order valence-corrected chi connectivity index (χ4v) is 3.91. The maximum atomic E-state index is 5.37. The van der Waals surface area contributed by atoms with Crippen molar-refractivity contribution < 1.29 is 4.52 Å². The summed E-state index contributed by atoms with van der Waals surface area (Å²) in [7, 11) is 0. The van der Waals surface area contributed by atoms with E-state index in [0.29, 0.717) is 12.0 Å². The van der Waals surface area contributed by atoms with E-state index >= 15 is 0 Å². The van der Waals surface area contributed by atoms with Crippen LogP contribution < -0.4 is 5.32 Å². The van der Waals surface area contributed by atoms with Crippen LogP contribution in [0.3, 0.4) is 0 Å². The number of aryl methyl sites for hydroxylation is 3. The molecule has 0 fully saturated rings. The second kappa shape index (κ2) is 5.23. The molecule has 5 heteroatoms. The predicted octanol–water partition coefficient (Wildman–Crippen LogP) is 4.12. The van der Waals surface area contributed by atoms with Crippen LogP contribution in [0.4, 0.5) is 0 Å². The average molecular weight is 322 g/mol. The van der Waals surface area contributed by atoms with E-state index in [-0.39, 0.29) is 0 Å². The monoisotopic (exact) mass is 322 g/mol. The molecule has 0 spiro atoms. The zero-order chi connectivity index (χ0) is 17.0. The minimum absolute atomic E-state index is 0.327. The molecule has 24 heavy (non-hydrogen) atoms. The van der Waals surface area contributed by atoms with Gasteiger partial charge in [0.1, 0.15) is 11.6 Å². The molecular formula is C19H22N4O. The van der Waals surface area contributed by atoms with E-state index in [1.165, 1.54) is 11.1 Å². The summed E-state index contributed by atoms with van der Waals surface area (Å²) in [5.41, 5.74) is 7.82. The van der Waals surface area contributed by atoms with Crippen LogP contribution in [0.25, 0.3) is 22.2 Å². The minimum atomic E-state index is 0.327. The van der Waals surface area contributed by atoms with Crippen LogP contribution in [0, 0.1) is 20.8 Å². The lowest BCUT2D eigenvalue weighted by Gasteiger charge is -2.20. The highest BCUT2D eigenvalue weighted by Crippen LogP contribution is 2.39. The van der Waals surface area contributed by atoms with Crippen LogP contribution in [0.5, 0.6) is 0 Å². The van der Waals surface area contributed by atoms with E-state index in [9.17, 15) is 0 Å². The van der Waals surface area contributed by atoms with Crippen molar-refractivity contribution >= 4 is 11.0 Å². The topological polar surface area (TPSA) is 66.7 Å². The fourth-order valence-electron chi connectivity index (χ4n) is 3.91. The molecule has 1 aliphatic rings. The molecule has 2 aromatic heterocycles. The Labute approximate surface area is 141 Å². The maximum Gasteiger partial charge on any atom is 0.141 e. The summed E-state index contributed by atoms with van der Waals surface area (Å²) in [6, 6.07) is 4.75. The zero-order valence-corrected chi connectivity index (χ0v) is 14.7. The first-order valence-electron chi connectivity index (χ1n) is 8.32. The number of hydrogen-bond donors (Lipinski definition) is 2. The number of fused-ring (bicyclic) bond motifs is 1. The Hall–Kier alpha value is -2.56. The summed E-state index contributed by atoms with van der Waals surface area (Å²) in [6.45, 7) is 10.3. The van der Waals surface area contributed by atoms with Gasteiger partial charge in [-0.05, 0) is 69.7 Å². The molecular weight excluding hydrogens is 300 g/mol. The Morgan fingerprint density at radius 1 is 1.12 bits per heavy atom. The predicted molar refractivity (Wildman–Crippen MR) is 94.9 cm³/mol. The van der Waals surface area contributed by atoms with Gasteiger partial charge in [-0.3, -0.25) is 0 Å². The Morgan fingerprint density at radius 3 is 2.54 bits per heavy atom. The number of aromatic amines is 1. The van der Waals surface area contributed by atoms with Gasteiger partial charge < -0.3 is 14.8 Å². The number of imidazole rings is 1. The highest BCUT2D eigenvalue weighted by molar-refractivity contribution is 5.87. The summed E-state index contributed by atoms with van der Waals surface area (Å²) in [5, 5.41) is 7.55. The molecule has 0 bridgehead atoms. The van der Waals surface area contributed by atoms with E-state index in [1.807, 2.05) is 20.8 Å². The van der Waals surface area contributed by atoms with Gasteiger partial charge in [0.2, 0.25) is 0 Å². The van der Waals surface area contributed by atoms with E-state index in [2.05, 4.69) is 52.6 Å². The number of hydrogen-bond acceptors (Lipinski definition) is 4. The summed E-state index contributed by atoms with van der Waals surface area (Å²) < 4.78 is 5.37. The molecule has 2 atom stereocenters. The molecule has 0 radical (unpaired) electrons. The molecule has 2 unspecified atom stereocenters. The third-order valence-corrected chi connectivity index (χ3v) is 4.96. The first-order chi connectivity index (χ1) is 11.5. The highest BCUT2D eigenvalue weighted by atomic mass is 16.5. The minimum Gasteiger partial charge on any atom is -0.388 e. The lowest BCUT2D eigenvalue weighted by molar-refractivity contribution is 0.393. The van der Waals surface area contributed by atoms with Gasteiger partial charge in [0.25, 0.3) is 0 Å². The van der Waals surface area contributed by atoms with Gasteiger partial charge in [-0.25, -0.2) is 4.98 Å². The van der Waals surface area contributed by atoms with Crippen LogP contribution in [0.15, 0.2) is 28.4 Å². The van der Waals surface area contributed by atoms with Crippen LogP contribution in [-0.2, 0) is 0 Å². The van der Waals surface area contributed by atoms with Gasteiger partial charge in [-0.1, -0.05) is 5.16 Å². The molecule has 3 heterocycles. The lowest BCUT2D eigenvalue weighted by atomic mass is 9.86. The quantitative estimate of drug-likeness (QED) is 0.744. The molecule has 124 valence electrons. The number of nitrogens with zero attached hydrogens (tertiary/aromatic N) is 2. The summed E-state index contributed by atoms with van der Waals surface area (Å²) in [6.07, 6.45) is 2.12. The average Bonchev–Trinajstić information content (AvgIpc) is 3.16. The molecule has 0 aliphatic carbocycles. The van der Waals surface area contributed by atoms with Crippen molar-refractivity contribution in [2.45, 2.75) is 46.6 Å². The van der Waals surface area contributed by atoms with E-state index < -0.39 is 0 Å². The van der Waals surface area contributed by atoms with Crippen LogP contribution in [-0.4, -0.2) is 21.2 Å². The largest absolute Gasteiger partial charge is 0.388 e. The number of aromatic nitrogens is 3. The van der Waals surface area contributed by atoms with Crippen molar-refractivity contribution in [3.05, 3.63) is 46.7 Å². The number of benzene rings is 1. The Balaban J connectivity index is 2.00. The van der Waals surface area contributed by atoms with E-state index in [0.717, 1.165) is 39.4 Å². The standard InChI is InChI=1S/C19H22N4O/c1-9-8-20-10(2)17(9)15-6-14(18-11(3)23-24-12(18)4)7-16-19(15)22-13(5)21-16/h6-8,10,17,20H,1-5H3,(H,21,22). The molecule has 0 saturated carbocycles. The summed E-state index contributed by atoms with van der Waals surface area (Å²) in [4.78, 5) is 8.12. The summed E-state index contributed by atoms with van der Waals surface area (Å²) in [5.74, 6) is 2.10. The van der Waals surface area contributed by atoms with Crippen LogP contribution >= 0.6 is 0 Å². The Kier molecular flexibility index (Phi) is 3.27. The number of nitrogens with one attached hydrogen (secondary N) is 2. The van der Waals surface area contributed by atoms with Gasteiger partial charge in [-0.2, -0.15) is 0 Å². The van der Waals surface area contributed by atoms with Crippen molar-refractivity contribution in [3.8, 4) is 11.1 Å². The first-order valence-corrected chi connectivity index (χ1v) is 8.32. The molecule has 1 aromatic carbocycles. The molecule has 1 aliphatic heterocycles. The molecule has 3 aromatic rings. The van der Waals surface area contributed by atoms with Crippen molar-refractivity contribution in [3.63, 3.8) is 0 Å². The third kappa shape index (κ3) is 2.15. The highest BCUT2D eigenvalue weighted by Gasteiger charge is 2.28. The van der Waals surface area contributed by atoms with Crippen molar-refractivity contribution in [2.75, 3.05) is 0 Å². The zero-order valence-electron chi connectivity index (χ0n) is 14.7. The lowest BCUT2D eigenvalue weighted by Crippen LogP contribution is -2.22.